The van der Waals surface area contributed by atoms with Gasteiger partial charge in [-0.2, -0.15) is 0 Å². The number of aryl methyl sites for hydroxylation is 1. The number of benzene rings is 1. The molecule has 3 heteroatoms. The highest BCUT2D eigenvalue weighted by molar-refractivity contribution is 9.10. The van der Waals surface area contributed by atoms with Crippen LogP contribution in [0.2, 0.25) is 0 Å². The standard InChI is InChI=1S/C12H18BrNO/c1-3-14-8-12(15)7-10-4-5-11(13)6-9(10)2/h4-6,12,14-15H,3,7-8H2,1-2H3. The molecular formula is C12H18BrNO. The first-order valence-corrected chi connectivity index (χ1v) is 6.06. The number of hydrogen-bond donors (Lipinski definition) is 2. The van der Waals surface area contributed by atoms with Crippen LogP contribution < -0.4 is 5.32 Å². The molecule has 1 atom stereocenters. The first-order chi connectivity index (χ1) is 7.13. The van der Waals surface area contributed by atoms with Gasteiger partial charge in [0.2, 0.25) is 0 Å². The lowest BCUT2D eigenvalue weighted by molar-refractivity contribution is 0.172. The van der Waals surface area contributed by atoms with Gasteiger partial charge in [0, 0.05) is 11.0 Å². The van der Waals surface area contributed by atoms with Crippen molar-refractivity contribution in [1.82, 2.24) is 5.32 Å². The fraction of sp³-hybridized carbons (Fsp3) is 0.500. The molecule has 0 spiro atoms. The van der Waals surface area contributed by atoms with Crippen molar-refractivity contribution in [2.75, 3.05) is 13.1 Å². The van der Waals surface area contributed by atoms with Gasteiger partial charge in [0.1, 0.15) is 0 Å². The molecule has 1 unspecified atom stereocenters. The van der Waals surface area contributed by atoms with Gasteiger partial charge in [-0.05, 0) is 43.1 Å². The molecule has 0 bridgehead atoms. The smallest absolute Gasteiger partial charge is 0.0704 e. The zero-order valence-corrected chi connectivity index (χ0v) is 10.8. The van der Waals surface area contributed by atoms with Gasteiger partial charge in [-0.25, -0.2) is 0 Å². The molecule has 0 aromatic heterocycles. The Balaban J connectivity index is 2.56. The van der Waals surface area contributed by atoms with Crippen molar-refractivity contribution in [2.24, 2.45) is 0 Å². The quantitative estimate of drug-likeness (QED) is 0.861. The fourth-order valence-electron chi connectivity index (χ4n) is 1.53. The van der Waals surface area contributed by atoms with Crippen molar-refractivity contribution < 1.29 is 5.11 Å². The van der Waals surface area contributed by atoms with Gasteiger partial charge in [0.05, 0.1) is 6.10 Å². The van der Waals surface area contributed by atoms with Crippen molar-refractivity contribution in [2.45, 2.75) is 26.4 Å². The van der Waals surface area contributed by atoms with E-state index in [1.165, 1.54) is 11.1 Å². The summed E-state index contributed by atoms with van der Waals surface area (Å²) in [6.45, 7) is 5.67. The summed E-state index contributed by atoms with van der Waals surface area (Å²) in [5.74, 6) is 0. The maximum absolute atomic E-state index is 9.75. The molecule has 0 radical (unpaired) electrons. The van der Waals surface area contributed by atoms with Gasteiger partial charge in [0.25, 0.3) is 0 Å². The Bertz CT molecular complexity index is 314. The zero-order chi connectivity index (χ0) is 11.3. The summed E-state index contributed by atoms with van der Waals surface area (Å²) in [4.78, 5) is 0. The molecule has 84 valence electrons. The number of halogens is 1. The predicted octanol–water partition coefficient (Wildman–Crippen LogP) is 2.27. The summed E-state index contributed by atoms with van der Waals surface area (Å²) < 4.78 is 1.09. The average molecular weight is 272 g/mol. The molecule has 2 nitrogen and oxygen atoms in total. The van der Waals surface area contributed by atoms with E-state index < -0.39 is 0 Å². The lowest BCUT2D eigenvalue weighted by Crippen LogP contribution is -2.28. The first-order valence-electron chi connectivity index (χ1n) is 5.27. The van der Waals surface area contributed by atoms with E-state index in [-0.39, 0.29) is 6.10 Å². The Labute approximate surface area is 99.8 Å². The van der Waals surface area contributed by atoms with Crippen LogP contribution in [0.15, 0.2) is 22.7 Å². The summed E-state index contributed by atoms with van der Waals surface area (Å²) in [6.07, 6.45) is 0.413. The Morgan fingerprint density at radius 1 is 1.47 bits per heavy atom. The molecule has 0 fully saturated rings. The van der Waals surface area contributed by atoms with E-state index in [1.54, 1.807) is 0 Å². The van der Waals surface area contributed by atoms with Crippen LogP contribution in [0.3, 0.4) is 0 Å². The van der Waals surface area contributed by atoms with Crippen LogP contribution in [0.5, 0.6) is 0 Å². The predicted molar refractivity (Wildman–Crippen MR) is 67.1 cm³/mol. The van der Waals surface area contributed by atoms with Crippen LogP contribution in [-0.2, 0) is 6.42 Å². The third kappa shape index (κ3) is 4.33. The average Bonchev–Trinajstić information content (AvgIpc) is 2.19. The minimum atomic E-state index is -0.301. The molecule has 0 aliphatic heterocycles. The molecule has 1 rings (SSSR count). The Kier molecular flexibility index (Phi) is 5.29. The van der Waals surface area contributed by atoms with E-state index in [1.807, 2.05) is 13.0 Å². The van der Waals surface area contributed by atoms with Crippen LogP contribution in [0.1, 0.15) is 18.1 Å². The summed E-state index contributed by atoms with van der Waals surface area (Å²) in [7, 11) is 0. The van der Waals surface area contributed by atoms with E-state index in [0.29, 0.717) is 13.0 Å². The van der Waals surface area contributed by atoms with Gasteiger partial charge < -0.3 is 10.4 Å². The normalized spacial score (nSPS) is 12.8. The second-order valence-electron chi connectivity index (χ2n) is 3.74. The highest BCUT2D eigenvalue weighted by Crippen LogP contribution is 2.17. The highest BCUT2D eigenvalue weighted by Gasteiger charge is 2.06. The van der Waals surface area contributed by atoms with Gasteiger partial charge >= 0.3 is 0 Å². The molecule has 0 aliphatic carbocycles. The molecule has 0 aliphatic rings. The molecule has 0 heterocycles. The maximum Gasteiger partial charge on any atom is 0.0704 e. The van der Waals surface area contributed by atoms with Crippen LogP contribution in [0.4, 0.5) is 0 Å². The van der Waals surface area contributed by atoms with E-state index in [0.717, 1.165) is 11.0 Å². The van der Waals surface area contributed by atoms with E-state index in [9.17, 15) is 5.11 Å². The Morgan fingerprint density at radius 3 is 2.80 bits per heavy atom. The number of nitrogens with one attached hydrogen (secondary N) is 1. The van der Waals surface area contributed by atoms with Crippen LogP contribution in [-0.4, -0.2) is 24.3 Å². The van der Waals surface area contributed by atoms with Crippen LogP contribution in [0, 0.1) is 6.92 Å². The Hall–Kier alpha value is -0.380. The summed E-state index contributed by atoms with van der Waals surface area (Å²) in [5.41, 5.74) is 2.43. The van der Waals surface area contributed by atoms with Crippen molar-refractivity contribution in [3.05, 3.63) is 33.8 Å². The number of hydrogen-bond acceptors (Lipinski definition) is 2. The molecule has 1 aromatic carbocycles. The molecule has 0 saturated carbocycles. The maximum atomic E-state index is 9.75. The van der Waals surface area contributed by atoms with Gasteiger partial charge in [-0.1, -0.05) is 28.9 Å². The summed E-state index contributed by atoms with van der Waals surface area (Å²) in [6, 6.07) is 6.16. The Morgan fingerprint density at radius 2 is 2.20 bits per heavy atom. The SMILES string of the molecule is CCNCC(O)Cc1ccc(Br)cc1C. The van der Waals surface area contributed by atoms with E-state index in [4.69, 9.17) is 0 Å². The first kappa shape index (κ1) is 12.7. The minimum absolute atomic E-state index is 0.301. The zero-order valence-electron chi connectivity index (χ0n) is 9.26. The van der Waals surface area contributed by atoms with Crippen molar-refractivity contribution >= 4 is 15.9 Å². The summed E-state index contributed by atoms with van der Waals surface area (Å²) >= 11 is 3.43. The molecule has 1 aromatic rings. The summed E-state index contributed by atoms with van der Waals surface area (Å²) in [5, 5.41) is 12.9. The highest BCUT2D eigenvalue weighted by atomic mass is 79.9. The third-order valence-corrected chi connectivity index (χ3v) is 2.88. The number of aliphatic hydroxyl groups excluding tert-OH is 1. The van der Waals surface area contributed by atoms with Gasteiger partial charge in [-0.15, -0.1) is 0 Å². The second kappa shape index (κ2) is 6.26. The molecule has 15 heavy (non-hydrogen) atoms. The number of aliphatic hydroxyl groups is 1. The van der Waals surface area contributed by atoms with Gasteiger partial charge in [0.15, 0.2) is 0 Å². The van der Waals surface area contributed by atoms with Crippen molar-refractivity contribution in [3.63, 3.8) is 0 Å². The van der Waals surface area contributed by atoms with E-state index in [2.05, 4.69) is 40.3 Å². The van der Waals surface area contributed by atoms with Crippen molar-refractivity contribution in [1.29, 1.82) is 0 Å². The monoisotopic (exact) mass is 271 g/mol. The van der Waals surface area contributed by atoms with Crippen LogP contribution >= 0.6 is 15.9 Å². The van der Waals surface area contributed by atoms with Gasteiger partial charge in [-0.3, -0.25) is 0 Å². The fourth-order valence-corrected chi connectivity index (χ4v) is 2.00. The number of likely N-dealkylation sites (N-methyl/N-ethyl adjacent to an activating group) is 1. The molecule has 0 amide bonds. The van der Waals surface area contributed by atoms with Crippen molar-refractivity contribution in [3.8, 4) is 0 Å². The number of rotatable bonds is 5. The molecule has 0 saturated heterocycles. The third-order valence-electron chi connectivity index (χ3n) is 2.39. The van der Waals surface area contributed by atoms with E-state index >= 15 is 0 Å². The lowest BCUT2D eigenvalue weighted by atomic mass is 10.0. The lowest BCUT2D eigenvalue weighted by Gasteiger charge is -2.12. The molecule has 2 N–H and O–H groups in total. The van der Waals surface area contributed by atoms with Crippen LogP contribution in [0.25, 0.3) is 0 Å². The topological polar surface area (TPSA) is 32.3 Å². The minimum Gasteiger partial charge on any atom is -0.391 e. The second-order valence-corrected chi connectivity index (χ2v) is 4.65. The largest absolute Gasteiger partial charge is 0.391 e. The molecular weight excluding hydrogens is 254 g/mol.